The molecule has 1 fully saturated rings. The SMILES string of the molecule is Fc1ccc(OC(F)(F)c2ccc(C3CCCCC3)cc2F)cc1. The van der Waals surface area contributed by atoms with Gasteiger partial charge in [-0.05, 0) is 60.7 Å². The van der Waals surface area contributed by atoms with E-state index in [0.717, 1.165) is 61.6 Å². The fourth-order valence-electron chi connectivity index (χ4n) is 3.16. The van der Waals surface area contributed by atoms with Crippen LogP contribution in [-0.2, 0) is 6.11 Å². The zero-order valence-corrected chi connectivity index (χ0v) is 13.1. The average Bonchev–Trinajstić information content (AvgIpc) is 2.57. The zero-order valence-electron chi connectivity index (χ0n) is 13.1. The fraction of sp³-hybridized carbons (Fsp3) is 0.368. The van der Waals surface area contributed by atoms with Gasteiger partial charge >= 0.3 is 6.11 Å². The molecule has 0 amide bonds. The highest BCUT2D eigenvalue weighted by Crippen LogP contribution is 2.37. The Morgan fingerprint density at radius 1 is 0.875 bits per heavy atom. The van der Waals surface area contributed by atoms with Gasteiger partial charge < -0.3 is 4.74 Å². The molecule has 24 heavy (non-hydrogen) atoms. The highest BCUT2D eigenvalue weighted by molar-refractivity contribution is 5.31. The summed E-state index contributed by atoms with van der Waals surface area (Å²) < 4.78 is 60.1. The van der Waals surface area contributed by atoms with Crippen LogP contribution in [0.2, 0.25) is 0 Å². The lowest BCUT2D eigenvalue weighted by Crippen LogP contribution is -2.23. The summed E-state index contributed by atoms with van der Waals surface area (Å²) in [6.45, 7) is 0. The third kappa shape index (κ3) is 3.71. The molecule has 1 aliphatic rings. The van der Waals surface area contributed by atoms with Gasteiger partial charge in [0.25, 0.3) is 0 Å². The number of alkyl halides is 2. The van der Waals surface area contributed by atoms with Gasteiger partial charge in [-0.2, -0.15) is 8.78 Å². The standard InChI is InChI=1S/C19H18F4O/c20-15-7-9-16(10-8-15)24-19(22,23)17-11-6-14(12-18(17)21)13-4-2-1-3-5-13/h6-13H,1-5H2. The van der Waals surface area contributed by atoms with E-state index in [4.69, 9.17) is 0 Å². The summed E-state index contributed by atoms with van der Waals surface area (Å²) in [4.78, 5) is 0. The van der Waals surface area contributed by atoms with Crippen molar-refractivity contribution < 1.29 is 22.3 Å². The molecule has 3 rings (SSSR count). The number of halogens is 4. The van der Waals surface area contributed by atoms with Crippen molar-refractivity contribution in [2.45, 2.75) is 44.1 Å². The summed E-state index contributed by atoms with van der Waals surface area (Å²) in [5.41, 5.74) is -0.0556. The Labute approximate surface area is 138 Å². The molecule has 5 heteroatoms. The van der Waals surface area contributed by atoms with Crippen LogP contribution in [0.3, 0.4) is 0 Å². The Morgan fingerprint density at radius 2 is 1.54 bits per heavy atom. The normalized spacial score (nSPS) is 16.2. The minimum Gasteiger partial charge on any atom is -0.429 e. The van der Waals surface area contributed by atoms with Crippen molar-refractivity contribution in [2.75, 3.05) is 0 Å². The van der Waals surface area contributed by atoms with Crippen LogP contribution >= 0.6 is 0 Å². The van der Waals surface area contributed by atoms with Crippen LogP contribution in [0.25, 0.3) is 0 Å². The highest BCUT2D eigenvalue weighted by atomic mass is 19.3. The average molecular weight is 338 g/mol. The minimum atomic E-state index is -3.83. The number of hydrogen-bond acceptors (Lipinski definition) is 1. The highest BCUT2D eigenvalue weighted by Gasteiger charge is 2.38. The van der Waals surface area contributed by atoms with E-state index < -0.39 is 23.3 Å². The van der Waals surface area contributed by atoms with Gasteiger partial charge in [0, 0.05) is 0 Å². The van der Waals surface area contributed by atoms with Crippen molar-refractivity contribution in [3.63, 3.8) is 0 Å². The summed E-state index contributed by atoms with van der Waals surface area (Å²) in [7, 11) is 0. The Kier molecular flexibility index (Phi) is 4.78. The maximum Gasteiger partial charge on any atom is 0.429 e. The van der Waals surface area contributed by atoms with Gasteiger partial charge in [0.2, 0.25) is 0 Å². The molecule has 0 bridgehead atoms. The van der Waals surface area contributed by atoms with E-state index in [9.17, 15) is 17.6 Å². The van der Waals surface area contributed by atoms with Crippen LogP contribution in [-0.4, -0.2) is 0 Å². The Hall–Kier alpha value is -2.04. The van der Waals surface area contributed by atoms with Gasteiger partial charge in [-0.3, -0.25) is 0 Å². The van der Waals surface area contributed by atoms with E-state index in [0.29, 0.717) is 0 Å². The quantitative estimate of drug-likeness (QED) is 0.608. The largest absolute Gasteiger partial charge is 0.429 e. The summed E-state index contributed by atoms with van der Waals surface area (Å²) in [5, 5.41) is 0. The smallest absolute Gasteiger partial charge is 0.429 e. The first-order valence-electron chi connectivity index (χ1n) is 8.08. The molecule has 0 aliphatic heterocycles. The molecule has 1 aliphatic carbocycles. The molecule has 0 unspecified atom stereocenters. The third-order valence-corrected chi connectivity index (χ3v) is 4.44. The molecule has 0 heterocycles. The Balaban J connectivity index is 1.80. The Bertz CT molecular complexity index is 691. The molecule has 1 nitrogen and oxygen atoms in total. The molecule has 0 atom stereocenters. The summed E-state index contributed by atoms with van der Waals surface area (Å²) in [6.07, 6.45) is 1.42. The van der Waals surface area contributed by atoms with E-state index in [-0.39, 0.29) is 11.7 Å². The molecule has 2 aromatic carbocycles. The molecule has 2 aromatic rings. The van der Waals surface area contributed by atoms with Gasteiger partial charge in [-0.1, -0.05) is 25.3 Å². The number of rotatable bonds is 4. The molecule has 0 spiro atoms. The summed E-state index contributed by atoms with van der Waals surface area (Å²) in [6, 6.07) is 8.00. The first kappa shape index (κ1) is 16.8. The summed E-state index contributed by atoms with van der Waals surface area (Å²) in [5.74, 6) is -1.54. The van der Waals surface area contributed by atoms with E-state index in [1.165, 1.54) is 12.5 Å². The van der Waals surface area contributed by atoms with Crippen LogP contribution < -0.4 is 4.74 Å². The molecule has 0 radical (unpaired) electrons. The second kappa shape index (κ2) is 6.83. The molecule has 128 valence electrons. The van der Waals surface area contributed by atoms with Gasteiger partial charge in [-0.15, -0.1) is 0 Å². The topological polar surface area (TPSA) is 9.23 Å². The second-order valence-electron chi connectivity index (χ2n) is 6.15. The van der Waals surface area contributed by atoms with Gasteiger partial charge in [-0.25, -0.2) is 8.78 Å². The van der Waals surface area contributed by atoms with Crippen molar-refractivity contribution in [3.8, 4) is 5.75 Å². The maximum absolute atomic E-state index is 14.2. The van der Waals surface area contributed by atoms with Crippen LogP contribution in [0.1, 0.15) is 49.1 Å². The number of ether oxygens (including phenoxy) is 1. The molecule has 0 N–H and O–H groups in total. The predicted octanol–water partition coefficient (Wildman–Crippen LogP) is 6.14. The maximum atomic E-state index is 14.2. The molecular formula is C19H18F4O. The first-order valence-corrected chi connectivity index (χ1v) is 8.08. The second-order valence-corrected chi connectivity index (χ2v) is 6.15. The predicted molar refractivity (Wildman–Crippen MR) is 83.1 cm³/mol. The van der Waals surface area contributed by atoms with Crippen molar-refractivity contribution in [3.05, 3.63) is 65.2 Å². The van der Waals surface area contributed by atoms with Gasteiger partial charge in [0.1, 0.15) is 17.4 Å². The molecule has 0 saturated heterocycles. The van der Waals surface area contributed by atoms with Crippen molar-refractivity contribution in [2.24, 2.45) is 0 Å². The van der Waals surface area contributed by atoms with E-state index in [1.54, 1.807) is 6.07 Å². The monoisotopic (exact) mass is 338 g/mol. The third-order valence-electron chi connectivity index (χ3n) is 4.44. The zero-order chi connectivity index (χ0) is 17.2. The van der Waals surface area contributed by atoms with Crippen molar-refractivity contribution in [1.82, 2.24) is 0 Å². The minimum absolute atomic E-state index is 0.225. The summed E-state index contributed by atoms with van der Waals surface area (Å²) >= 11 is 0. The first-order chi connectivity index (χ1) is 11.5. The Morgan fingerprint density at radius 3 is 2.17 bits per heavy atom. The van der Waals surface area contributed by atoms with Crippen LogP contribution in [0.4, 0.5) is 17.6 Å². The molecule has 0 aromatic heterocycles. The van der Waals surface area contributed by atoms with E-state index in [1.807, 2.05) is 0 Å². The fourth-order valence-corrected chi connectivity index (χ4v) is 3.16. The van der Waals surface area contributed by atoms with Crippen LogP contribution in [0.5, 0.6) is 5.75 Å². The lowest BCUT2D eigenvalue weighted by atomic mass is 9.84. The van der Waals surface area contributed by atoms with Crippen LogP contribution in [0, 0.1) is 11.6 Å². The number of benzene rings is 2. The van der Waals surface area contributed by atoms with E-state index >= 15 is 0 Å². The van der Waals surface area contributed by atoms with Crippen molar-refractivity contribution in [1.29, 1.82) is 0 Å². The van der Waals surface area contributed by atoms with Gasteiger partial charge in [0.05, 0.1) is 5.56 Å². The lowest BCUT2D eigenvalue weighted by molar-refractivity contribution is -0.187. The van der Waals surface area contributed by atoms with Gasteiger partial charge in [0.15, 0.2) is 0 Å². The van der Waals surface area contributed by atoms with Crippen LogP contribution in [0.15, 0.2) is 42.5 Å². The lowest BCUT2D eigenvalue weighted by Gasteiger charge is -2.23. The number of hydrogen-bond donors (Lipinski definition) is 0. The molecule has 1 saturated carbocycles. The van der Waals surface area contributed by atoms with E-state index in [2.05, 4.69) is 4.74 Å². The van der Waals surface area contributed by atoms with Crippen molar-refractivity contribution >= 4 is 0 Å². The molecular weight excluding hydrogens is 320 g/mol.